The summed E-state index contributed by atoms with van der Waals surface area (Å²) in [5.74, 6) is -0.156. The van der Waals surface area contributed by atoms with Crippen LogP contribution in [0.3, 0.4) is 0 Å². The van der Waals surface area contributed by atoms with E-state index in [0.717, 1.165) is 33.2 Å². The number of anilines is 3. The fraction of sp³-hybridized carbons (Fsp3) is 0.0909. The van der Waals surface area contributed by atoms with Crippen LogP contribution >= 0.6 is 11.3 Å². The molecular weight excluding hydrogens is 546 g/mol. The zero-order chi connectivity index (χ0) is 29.3. The summed E-state index contributed by atoms with van der Waals surface area (Å²) in [6.07, 6.45) is 1.49. The third-order valence-electron chi connectivity index (χ3n) is 6.41. The first kappa shape index (κ1) is 28.3. The molecule has 210 valence electrons. The number of thiazole rings is 1. The van der Waals surface area contributed by atoms with Crippen LogP contribution in [0, 0.1) is 13.8 Å². The molecular formula is C33H29N5O3S. The zero-order valence-corrected chi connectivity index (χ0v) is 23.9. The molecule has 0 aliphatic heterocycles. The average molecular weight is 576 g/mol. The van der Waals surface area contributed by atoms with E-state index in [-0.39, 0.29) is 18.4 Å². The fourth-order valence-corrected chi connectivity index (χ4v) is 4.74. The van der Waals surface area contributed by atoms with E-state index in [1.165, 1.54) is 17.6 Å². The third-order valence-corrected chi connectivity index (χ3v) is 7.17. The summed E-state index contributed by atoms with van der Waals surface area (Å²) in [6.45, 7) is 3.85. The Labute approximate surface area is 248 Å². The van der Waals surface area contributed by atoms with Crippen molar-refractivity contribution in [3.05, 3.63) is 125 Å². The Morgan fingerprint density at radius 3 is 2.43 bits per heavy atom. The molecule has 8 nitrogen and oxygen atoms in total. The van der Waals surface area contributed by atoms with Crippen LogP contribution in [0.4, 0.5) is 16.5 Å². The van der Waals surface area contributed by atoms with Crippen molar-refractivity contribution in [2.45, 2.75) is 13.8 Å². The number of nitrogens with one attached hydrogen (secondary N) is 3. The standard InChI is InChI=1S/C33H29N5O3S/c1-22-12-17-28(18-23(22)2)35-31(39)20-41-30-11-7-6-8-26(30)19-34-38-32(40)25-15-13-24(14-16-25)29-21-42-33(37-29)36-27-9-4-3-5-10-27/h3-19,21H,20H2,1-2H3,(H,35,39)(H,36,37)(H,38,40)/b34-19-. The molecule has 0 aliphatic rings. The molecule has 1 aromatic heterocycles. The van der Waals surface area contributed by atoms with Crippen molar-refractivity contribution in [2.24, 2.45) is 5.10 Å². The van der Waals surface area contributed by atoms with Gasteiger partial charge in [-0.3, -0.25) is 9.59 Å². The molecule has 5 rings (SSSR count). The Morgan fingerprint density at radius 1 is 0.881 bits per heavy atom. The average Bonchev–Trinajstić information content (AvgIpc) is 3.47. The number of aryl methyl sites for hydroxylation is 2. The van der Waals surface area contributed by atoms with Gasteiger partial charge in [-0.2, -0.15) is 5.10 Å². The summed E-state index contributed by atoms with van der Waals surface area (Å²) >= 11 is 1.51. The van der Waals surface area contributed by atoms with Crippen molar-refractivity contribution in [1.82, 2.24) is 10.4 Å². The van der Waals surface area contributed by atoms with Crippen LogP contribution in [0.2, 0.25) is 0 Å². The van der Waals surface area contributed by atoms with Crippen molar-refractivity contribution < 1.29 is 14.3 Å². The molecule has 4 aromatic carbocycles. The molecule has 0 bridgehead atoms. The molecule has 0 fully saturated rings. The normalized spacial score (nSPS) is 10.8. The highest BCUT2D eigenvalue weighted by Crippen LogP contribution is 2.27. The quantitative estimate of drug-likeness (QED) is 0.123. The number of aromatic nitrogens is 1. The van der Waals surface area contributed by atoms with Gasteiger partial charge in [0.15, 0.2) is 11.7 Å². The second-order valence-corrected chi connectivity index (χ2v) is 10.3. The minimum atomic E-state index is -0.353. The highest BCUT2D eigenvalue weighted by atomic mass is 32.1. The van der Waals surface area contributed by atoms with Crippen LogP contribution < -0.4 is 20.8 Å². The maximum absolute atomic E-state index is 12.7. The van der Waals surface area contributed by atoms with Gasteiger partial charge in [0.1, 0.15) is 5.75 Å². The van der Waals surface area contributed by atoms with E-state index in [4.69, 9.17) is 4.74 Å². The fourth-order valence-electron chi connectivity index (χ4n) is 4.00. The zero-order valence-electron chi connectivity index (χ0n) is 23.1. The van der Waals surface area contributed by atoms with Gasteiger partial charge in [-0.25, -0.2) is 10.4 Å². The number of nitrogens with zero attached hydrogens (tertiary/aromatic N) is 2. The predicted molar refractivity (Wildman–Crippen MR) is 169 cm³/mol. The summed E-state index contributed by atoms with van der Waals surface area (Å²) < 4.78 is 5.73. The topological polar surface area (TPSA) is 105 Å². The predicted octanol–water partition coefficient (Wildman–Crippen LogP) is 6.95. The lowest BCUT2D eigenvalue weighted by Crippen LogP contribution is -2.20. The highest BCUT2D eigenvalue weighted by molar-refractivity contribution is 7.14. The number of rotatable bonds is 10. The van der Waals surface area contributed by atoms with Crippen LogP contribution in [0.15, 0.2) is 108 Å². The first-order valence-electron chi connectivity index (χ1n) is 13.2. The number of para-hydroxylation sites is 2. The third kappa shape index (κ3) is 7.47. The molecule has 9 heteroatoms. The second kappa shape index (κ2) is 13.4. The summed E-state index contributed by atoms with van der Waals surface area (Å²) in [4.78, 5) is 29.7. The SMILES string of the molecule is Cc1ccc(NC(=O)COc2ccccc2/C=N\NC(=O)c2ccc(-c3csc(Nc4ccccc4)n3)cc2)cc1C. The maximum atomic E-state index is 12.7. The molecule has 0 unspecified atom stereocenters. The van der Waals surface area contributed by atoms with E-state index in [1.807, 2.05) is 86.0 Å². The number of benzene rings is 4. The number of hydrazone groups is 1. The Balaban J connectivity index is 1.14. The van der Waals surface area contributed by atoms with E-state index < -0.39 is 0 Å². The number of carbonyl (C=O) groups is 2. The van der Waals surface area contributed by atoms with Crippen molar-refractivity contribution in [2.75, 3.05) is 17.2 Å². The maximum Gasteiger partial charge on any atom is 0.271 e. The van der Waals surface area contributed by atoms with Crippen LogP contribution in [0.1, 0.15) is 27.0 Å². The lowest BCUT2D eigenvalue weighted by molar-refractivity contribution is -0.118. The molecule has 0 saturated carbocycles. The number of amides is 2. The van der Waals surface area contributed by atoms with E-state index in [1.54, 1.807) is 30.3 Å². The van der Waals surface area contributed by atoms with Gasteiger partial charge in [-0.1, -0.05) is 48.5 Å². The van der Waals surface area contributed by atoms with Crippen molar-refractivity contribution in [3.63, 3.8) is 0 Å². The van der Waals surface area contributed by atoms with Crippen LogP contribution in [0.5, 0.6) is 5.75 Å². The van der Waals surface area contributed by atoms with Gasteiger partial charge in [0.05, 0.1) is 11.9 Å². The largest absolute Gasteiger partial charge is 0.483 e. The lowest BCUT2D eigenvalue weighted by atomic mass is 10.1. The van der Waals surface area contributed by atoms with Crippen molar-refractivity contribution in [3.8, 4) is 17.0 Å². The van der Waals surface area contributed by atoms with E-state index in [9.17, 15) is 9.59 Å². The molecule has 0 radical (unpaired) electrons. The number of carbonyl (C=O) groups excluding carboxylic acids is 2. The molecule has 42 heavy (non-hydrogen) atoms. The molecule has 5 aromatic rings. The Hall–Kier alpha value is -5.28. The summed E-state index contributed by atoms with van der Waals surface area (Å²) in [6, 6.07) is 29.9. The van der Waals surface area contributed by atoms with Gasteiger partial charge < -0.3 is 15.4 Å². The van der Waals surface area contributed by atoms with Crippen LogP contribution in [-0.4, -0.2) is 29.6 Å². The lowest BCUT2D eigenvalue weighted by Gasteiger charge is -2.10. The smallest absolute Gasteiger partial charge is 0.271 e. The van der Waals surface area contributed by atoms with Crippen molar-refractivity contribution in [1.29, 1.82) is 0 Å². The number of hydrogen-bond donors (Lipinski definition) is 3. The van der Waals surface area contributed by atoms with Crippen LogP contribution in [-0.2, 0) is 4.79 Å². The second-order valence-electron chi connectivity index (χ2n) is 9.48. The number of ether oxygens (including phenoxy) is 1. The monoisotopic (exact) mass is 575 g/mol. The Kier molecular flexibility index (Phi) is 9.00. The van der Waals surface area contributed by atoms with E-state index >= 15 is 0 Å². The first-order valence-corrected chi connectivity index (χ1v) is 14.1. The Morgan fingerprint density at radius 2 is 1.64 bits per heavy atom. The minimum absolute atomic E-state index is 0.167. The van der Waals surface area contributed by atoms with Gasteiger partial charge in [0.25, 0.3) is 11.8 Å². The molecule has 0 spiro atoms. The molecule has 0 aliphatic carbocycles. The van der Waals surface area contributed by atoms with Gasteiger partial charge in [-0.15, -0.1) is 11.3 Å². The van der Waals surface area contributed by atoms with Gasteiger partial charge in [-0.05, 0) is 73.5 Å². The summed E-state index contributed by atoms with van der Waals surface area (Å²) in [5, 5.41) is 13.0. The Bertz CT molecular complexity index is 1720. The molecule has 2 amide bonds. The summed E-state index contributed by atoms with van der Waals surface area (Å²) in [7, 11) is 0. The first-order chi connectivity index (χ1) is 20.4. The minimum Gasteiger partial charge on any atom is -0.483 e. The molecule has 0 atom stereocenters. The molecule has 0 saturated heterocycles. The highest BCUT2D eigenvalue weighted by Gasteiger charge is 2.10. The van der Waals surface area contributed by atoms with E-state index in [2.05, 4.69) is 26.1 Å². The van der Waals surface area contributed by atoms with Gasteiger partial charge in [0.2, 0.25) is 0 Å². The van der Waals surface area contributed by atoms with Crippen LogP contribution in [0.25, 0.3) is 11.3 Å². The molecule has 3 N–H and O–H groups in total. The van der Waals surface area contributed by atoms with E-state index in [0.29, 0.717) is 22.6 Å². The molecule has 1 heterocycles. The van der Waals surface area contributed by atoms with Crippen molar-refractivity contribution >= 4 is 45.9 Å². The summed E-state index contributed by atoms with van der Waals surface area (Å²) in [5.41, 5.74) is 9.29. The number of hydrogen-bond acceptors (Lipinski definition) is 7. The van der Waals surface area contributed by atoms with Gasteiger partial charge >= 0.3 is 0 Å². The van der Waals surface area contributed by atoms with Gasteiger partial charge in [0, 0.05) is 33.4 Å².